The summed E-state index contributed by atoms with van der Waals surface area (Å²) in [6, 6.07) is 2.21. The van der Waals surface area contributed by atoms with Crippen molar-refractivity contribution >= 4 is 17.2 Å². The summed E-state index contributed by atoms with van der Waals surface area (Å²) in [7, 11) is 4.52. The van der Waals surface area contributed by atoms with Crippen LogP contribution in [0.25, 0.3) is 0 Å². The van der Waals surface area contributed by atoms with Gasteiger partial charge in [0.1, 0.15) is 0 Å². The van der Waals surface area contributed by atoms with Crippen LogP contribution in [0, 0.1) is 0 Å². The molecule has 4 heteroatoms. The van der Waals surface area contributed by atoms with Crippen LogP contribution in [0.15, 0.2) is 29.0 Å². The van der Waals surface area contributed by atoms with Gasteiger partial charge in [0.2, 0.25) is 5.91 Å². The molecule has 1 aromatic heterocycles. The van der Waals surface area contributed by atoms with Gasteiger partial charge >= 0.3 is 0 Å². The third-order valence-electron chi connectivity index (χ3n) is 3.42. The van der Waals surface area contributed by atoms with Gasteiger partial charge in [0, 0.05) is 25.0 Å². The average Bonchev–Trinajstić information content (AvgIpc) is 2.87. The van der Waals surface area contributed by atoms with Crippen molar-refractivity contribution < 1.29 is 9.28 Å². The summed E-state index contributed by atoms with van der Waals surface area (Å²) >= 11 is 1.77. The van der Waals surface area contributed by atoms with Crippen molar-refractivity contribution in [3.63, 3.8) is 0 Å². The van der Waals surface area contributed by atoms with E-state index in [4.69, 9.17) is 0 Å². The van der Waals surface area contributed by atoms with Gasteiger partial charge in [-0.3, -0.25) is 4.79 Å². The molecule has 112 valence electrons. The number of hydrogen-bond acceptors (Lipinski definition) is 2. The van der Waals surface area contributed by atoms with Gasteiger partial charge in [-0.15, -0.1) is 0 Å². The van der Waals surface area contributed by atoms with E-state index in [0.717, 1.165) is 30.4 Å². The van der Waals surface area contributed by atoms with Gasteiger partial charge in [0.25, 0.3) is 0 Å². The highest BCUT2D eigenvalue weighted by Gasteiger charge is 2.14. The molecule has 0 radical (unpaired) electrons. The summed E-state index contributed by atoms with van der Waals surface area (Å²) < 4.78 is 1.01. The van der Waals surface area contributed by atoms with Gasteiger partial charge in [-0.2, -0.15) is 11.3 Å². The fourth-order valence-corrected chi connectivity index (χ4v) is 2.82. The molecule has 1 amide bonds. The lowest BCUT2D eigenvalue weighted by molar-refractivity contribution is -0.890. The van der Waals surface area contributed by atoms with E-state index >= 15 is 0 Å². The molecule has 0 fully saturated rings. The summed E-state index contributed by atoms with van der Waals surface area (Å²) in [5.41, 5.74) is 2.03. The van der Waals surface area contributed by atoms with Crippen LogP contribution in [0.4, 0.5) is 0 Å². The minimum absolute atomic E-state index is 0.0345. The Morgan fingerprint density at radius 2 is 2.05 bits per heavy atom. The van der Waals surface area contributed by atoms with Crippen molar-refractivity contribution in [1.29, 1.82) is 0 Å². The van der Waals surface area contributed by atoms with Crippen molar-refractivity contribution in [3.8, 4) is 0 Å². The summed E-state index contributed by atoms with van der Waals surface area (Å²) in [5.74, 6) is -0.0345. The van der Waals surface area contributed by atoms with Crippen molar-refractivity contribution in [2.75, 3.05) is 33.7 Å². The minimum atomic E-state index is -0.0345. The van der Waals surface area contributed by atoms with E-state index in [2.05, 4.69) is 42.8 Å². The van der Waals surface area contributed by atoms with Gasteiger partial charge in [0.15, 0.2) is 0 Å². The summed E-state index contributed by atoms with van der Waals surface area (Å²) in [4.78, 5) is 11.4. The number of nitrogens with zero attached hydrogens (tertiary/aromatic N) is 1. The number of carbonyl (C=O) groups excluding carboxylic acids is 1. The van der Waals surface area contributed by atoms with E-state index in [1.54, 1.807) is 18.3 Å². The van der Waals surface area contributed by atoms with E-state index in [1.165, 1.54) is 18.5 Å². The summed E-state index contributed by atoms with van der Waals surface area (Å²) in [5, 5.41) is 7.25. The fraction of sp³-hybridized carbons (Fsp3) is 0.562. The molecule has 0 aliphatic rings. The SMILES string of the molecule is C=C(C)C(=O)NCCC[N+](C)(C)CCCc1ccsc1. The monoisotopic (exact) mass is 295 g/mol. The molecule has 1 aromatic rings. The number of rotatable bonds is 9. The molecule has 0 aliphatic carbocycles. The second-order valence-corrected chi connectivity index (χ2v) is 6.79. The van der Waals surface area contributed by atoms with Crippen molar-refractivity contribution in [3.05, 3.63) is 34.5 Å². The van der Waals surface area contributed by atoms with Crippen LogP contribution >= 0.6 is 11.3 Å². The predicted molar refractivity (Wildman–Crippen MR) is 86.9 cm³/mol. The Bertz CT molecular complexity index is 424. The Morgan fingerprint density at radius 1 is 1.35 bits per heavy atom. The van der Waals surface area contributed by atoms with Crippen molar-refractivity contribution in [2.45, 2.75) is 26.2 Å². The average molecular weight is 295 g/mol. The Labute approximate surface area is 126 Å². The molecule has 0 saturated carbocycles. The molecule has 0 aliphatic heterocycles. The van der Waals surface area contributed by atoms with Crippen LogP contribution in [0.2, 0.25) is 0 Å². The number of hydrogen-bond donors (Lipinski definition) is 1. The first-order valence-electron chi connectivity index (χ1n) is 7.17. The lowest BCUT2D eigenvalue weighted by Crippen LogP contribution is -2.42. The first kappa shape index (κ1) is 16.9. The minimum Gasteiger partial charge on any atom is -0.352 e. The van der Waals surface area contributed by atoms with E-state index in [0.29, 0.717) is 5.57 Å². The number of quaternary nitrogens is 1. The zero-order valence-electron chi connectivity index (χ0n) is 12.9. The van der Waals surface area contributed by atoms with E-state index in [9.17, 15) is 4.79 Å². The Balaban J connectivity index is 2.14. The predicted octanol–water partition coefficient (Wildman–Crippen LogP) is 2.84. The molecular formula is C16H27N2OS+. The third-order valence-corrected chi connectivity index (χ3v) is 4.15. The highest BCUT2D eigenvalue weighted by molar-refractivity contribution is 7.07. The van der Waals surface area contributed by atoms with Gasteiger partial charge in [-0.25, -0.2) is 0 Å². The topological polar surface area (TPSA) is 29.1 Å². The molecule has 0 saturated heterocycles. The van der Waals surface area contributed by atoms with E-state index in [1.807, 2.05) is 0 Å². The Morgan fingerprint density at radius 3 is 2.65 bits per heavy atom. The van der Waals surface area contributed by atoms with Crippen LogP contribution < -0.4 is 5.32 Å². The van der Waals surface area contributed by atoms with Crippen LogP contribution in [0.1, 0.15) is 25.3 Å². The molecule has 0 spiro atoms. The maximum absolute atomic E-state index is 11.4. The second kappa shape index (κ2) is 8.22. The first-order chi connectivity index (χ1) is 9.41. The van der Waals surface area contributed by atoms with Gasteiger partial charge in [-0.05, 0) is 35.7 Å². The number of nitrogens with one attached hydrogen (secondary N) is 1. The van der Waals surface area contributed by atoms with Crippen LogP contribution in [0.3, 0.4) is 0 Å². The normalized spacial score (nSPS) is 11.3. The fourth-order valence-electron chi connectivity index (χ4n) is 2.12. The number of amides is 1. The zero-order valence-corrected chi connectivity index (χ0v) is 13.8. The summed E-state index contributed by atoms with van der Waals surface area (Å²) in [6.07, 6.45) is 3.38. The second-order valence-electron chi connectivity index (χ2n) is 6.01. The van der Waals surface area contributed by atoms with E-state index in [-0.39, 0.29) is 5.91 Å². The third kappa shape index (κ3) is 6.87. The van der Waals surface area contributed by atoms with Crippen LogP contribution in [-0.4, -0.2) is 44.1 Å². The van der Waals surface area contributed by atoms with E-state index < -0.39 is 0 Å². The smallest absolute Gasteiger partial charge is 0.246 e. The Kier molecular flexibility index (Phi) is 6.96. The molecule has 1 rings (SSSR count). The molecule has 3 nitrogen and oxygen atoms in total. The molecule has 0 unspecified atom stereocenters. The summed E-state index contributed by atoms with van der Waals surface area (Å²) in [6.45, 7) is 8.36. The molecule has 0 bridgehead atoms. The molecule has 20 heavy (non-hydrogen) atoms. The van der Waals surface area contributed by atoms with Crippen molar-refractivity contribution in [1.82, 2.24) is 5.32 Å². The van der Waals surface area contributed by atoms with Crippen LogP contribution in [-0.2, 0) is 11.2 Å². The van der Waals surface area contributed by atoms with Gasteiger partial charge in [0.05, 0.1) is 27.2 Å². The number of thiophene rings is 1. The standard InChI is InChI=1S/C16H26N2OS/c1-14(2)16(19)17-9-6-11-18(3,4)10-5-7-15-8-12-20-13-15/h8,12-13H,1,5-7,9-11H2,2-4H3/p+1. The largest absolute Gasteiger partial charge is 0.352 e. The molecule has 1 heterocycles. The molecular weight excluding hydrogens is 268 g/mol. The zero-order chi connectivity index (χ0) is 15.0. The lowest BCUT2D eigenvalue weighted by atomic mass is 10.2. The van der Waals surface area contributed by atoms with Crippen LogP contribution in [0.5, 0.6) is 0 Å². The van der Waals surface area contributed by atoms with Gasteiger partial charge in [-0.1, -0.05) is 6.58 Å². The molecule has 0 atom stereocenters. The lowest BCUT2D eigenvalue weighted by Gasteiger charge is -2.30. The number of aryl methyl sites for hydroxylation is 1. The van der Waals surface area contributed by atoms with Crippen molar-refractivity contribution in [2.24, 2.45) is 0 Å². The quantitative estimate of drug-likeness (QED) is 0.424. The number of carbonyl (C=O) groups is 1. The highest BCUT2D eigenvalue weighted by atomic mass is 32.1. The first-order valence-corrected chi connectivity index (χ1v) is 8.12. The highest BCUT2D eigenvalue weighted by Crippen LogP contribution is 2.10. The Hall–Kier alpha value is -1.13. The maximum Gasteiger partial charge on any atom is 0.246 e. The molecule has 1 N–H and O–H groups in total. The maximum atomic E-state index is 11.4. The molecule has 0 aromatic carbocycles. The van der Waals surface area contributed by atoms with Gasteiger partial charge < -0.3 is 9.80 Å².